The summed E-state index contributed by atoms with van der Waals surface area (Å²) in [5, 5.41) is 7.14. The summed E-state index contributed by atoms with van der Waals surface area (Å²) in [5.41, 5.74) is 9.66. The molecule has 1 aromatic rings. The highest BCUT2D eigenvalue weighted by atomic mass is 35.5. The molecule has 0 aromatic heterocycles. The Bertz CT molecular complexity index is 532. The van der Waals surface area contributed by atoms with Crippen molar-refractivity contribution in [2.24, 2.45) is 10.3 Å². The van der Waals surface area contributed by atoms with Crippen LogP contribution in [0.2, 0.25) is 5.02 Å². The molecule has 0 spiro atoms. The van der Waals surface area contributed by atoms with Gasteiger partial charge < -0.3 is 4.84 Å². The van der Waals surface area contributed by atoms with Crippen LogP contribution in [0.5, 0.6) is 0 Å². The lowest BCUT2D eigenvalue weighted by molar-refractivity contribution is 0.0988. The Morgan fingerprint density at radius 2 is 2.22 bits per heavy atom. The monoisotopic (exact) mass is 266 g/mol. The van der Waals surface area contributed by atoms with E-state index < -0.39 is 5.91 Å². The van der Waals surface area contributed by atoms with Gasteiger partial charge in [-0.15, -0.1) is 0 Å². The maximum absolute atomic E-state index is 11.5. The fourth-order valence-electron chi connectivity index (χ4n) is 1.23. The van der Waals surface area contributed by atoms with E-state index in [0.717, 1.165) is 5.71 Å². The number of benzene rings is 1. The first-order valence-corrected chi connectivity index (χ1v) is 5.44. The lowest BCUT2D eigenvalue weighted by Crippen LogP contribution is -2.02. The van der Waals surface area contributed by atoms with Crippen molar-refractivity contribution in [3.63, 3.8) is 0 Å². The van der Waals surface area contributed by atoms with Gasteiger partial charge in [-0.25, -0.2) is 0 Å². The molecule has 7 heteroatoms. The molecule has 0 heterocycles. The lowest BCUT2D eigenvalue weighted by atomic mass is 10.1. The van der Waals surface area contributed by atoms with Crippen molar-refractivity contribution in [1.82, 2.24) is 0 Å². The SMILES string of the molecule is CC(C)=NOCc1c(Cl)cccc1C(=O)N=[N+]=[N-]. The minimum atomic E-state index is -0.698. The molecule has 0 N–H and O–H groups in total. The molecule has 94 valence electrons. The third-order valence-corrected chi connectivity index (χ3v) is 2.29. The Kier molecular flexibility index (Phi) is 5.17. The van der Waals surface area contributed by atoms with Crippen LogP contribution in [0.1, 0.15) is 29.8 Å². The van der Waals surface area contributed by atoms with Gasteiger partial charge in [-0.3, -0.25) is 4.79 Å². The molecule has 0 radical (unpaired) electrons. The fourth-order valence-corrected chi connectivity index (χ4v) is 1.46. The summed E-state index contributed by atoms with van der Waals surface area (Å²) >= 11 is 5.97. The van der Waals surface area contributed by atoms with Gasteiger partial charge in [0.15, 0.2) is 0 Å². The van der Waals surface area contributed by atoms with E-state index >= 15 is 0 Å². The minimum Gasteiger partial charge on any atom is -0.391 e. The second-order valence-corrected chi connectivity index (χ2v) is 3.98. The summed E-state index contributed by atoms with van der Waals surface area (Å²) in [6.07, 6.45) is 0. The van der Waals surface area contributed by atoms with Crippen LogP contribution in [0.3, 0.4) is 0 Å². The molecule has 0 atom stereocenters. The molecule has 0 saturated heterocycles. The summed E-state index contributed by atoms with van der Waals surface area (Å²) < 4.78 is 0. The van der Waals surface area contributed by atoms with Crippen LogP contribution in [-0.2, 0) is 11.4 Å². The number of hydrogen-bond acceptors (Lipinski definition) is 3. The first kappa shape index (κ1) is 14.0. The predicted octanol–water partition coefficient (Wildman–Crippen LogP) is 3.70. The van der Waals surface area contributed by atoms with Gasteiger partial charge >= 0.3 is 0 Å². The van der Waals surface area contributed by atoms with Crippen molar-refractivity contribution >= 4 is 23.2 Å². The molecule has 0 aliphatic heterocycles. The van der Waals surface area contributed by atoms with Gasteiger partial charge in [0.25, 0.3) is 0 Å². The molecule has 1 amide bonds. The first-order chi connectivity index (χ1) is 8.56. The molecule has 1 rings (SSSR count). The van der Waals surface area contributed by atoms with Crippen molar-refractivity contribution in [1.29, 1.82) is 0 Å². The van der Waals surface area contributed by atoms with Crippen LogP contribution < -0.4 is 0 Å². The Balaban J connectivity index is 3.04. The van der Waals surface area contributed by atoms with Gasteiger partial charge in [-0.05, 0) is 30.6 Å². The van der Waals surface area contributed by atoms with Gasteiger partial charge in [-0.2, -0.15) is 0 Å². The zero-order valence-electron chi connectivity index (χ0n) is 9.92. The van der Waals surface area contributed by atoms with Crippen LogP contribution in [-0.4, -0.2) is 11.6 Å². The maximum Gasteiger partial charge on any atom is 0.249 e. The van der Waals surface area contributed by atoms with E-state index in [4.69, 9.17) is 22.0 Å². The van der Waals surface area contributed by atoms with E-state index in [2.05, 4.69) is 15.2 Å². The van der Waals surface area contributed by atoms with E-state index in [1.54, 1.807) is 26.0 Å². The van der Waals surface area contributed by atoms with Crippen LogP contribution in [0, 0.1) is 0 Å². The number of azide groups is 1. The smallest absolute Gasteiger partial charge is 0.249 e. The third kappa shape index (κ3) is 3.76. The van der Waals surface area contributed by atoms with Gasteiger partial charge in [0.05, 0.1) is 5.71 Å². The highest BCUT2D eigenvalue weighted by Gasteiger charge is 2.13. The highest BCUT2D eigenvalue weighted by Crippen LogP contribution is 2.22. The molecular weight excluding hydrogens is 256 g/mol. The standard InChI is InChI=1S/C11H11ClN4O2/c1-7(2)15-18-6-9-8(11(17)14-16-13)4-3-5-10(9)12/h3-5H,6H2,1-2H3. The topological polar surface area (TPSA) is 87.4 Å². The Morgan fingerprint density at radius 1 is 1.50 bits per heavy atom. The number of amides is 1. The number of carbonyl (C=O) groups is 1. The Labute approximate surface area is 109 Å². The highest BCUT2D eigenvalue weighted by molar-refractivity contribution is 6.31. The van der Waals surface area contributed by atoms with Crippen LogP contribution in [0.25, 0.3) is 10.4 Å². The summed E-state index contributed by atoms with van der Waals surface area (Å²) in [6.45, 7) is 3.59. The van der Waals surface area contributed by atoms with Crippen LogP contribution in [0.4, 0.5) is 0 Å². The van der Waals surface area contributed by atoms with Crippen molar-refractivity contribution < 1.29 is 9.63 Å². The number of halogens is 1. The van der Waals surface area contributed by atoms with Crippen molar-refractivity contribution in [3.8, 4) is 0 Å². The second kappa shape index (κ2) is 6.64. The van der Waals surface area contributed by atoms with Crippen LogP contribution in [0.15, 0.2) is 28.5 Å². The lowest BCUT2D eigenvalue weighted by Gasteiger charge is -2.07. The van der Waals surface area contributed by atoms with E-state index in [1.807, 2.05) is 0 Å². The first-order valence-electron chi connectivity index (χ1n) is 5.06. The number of rotatable bonds is 4. The molecule has 6 nitrogen and oxygen atoms in total. The summed E-state index contributed by atoms with van der Waals surface area (Å²) in [5.74, 6) is -0.698. The van der Waals surface area contributed by atoms with Crippen molar-refractivity contribution in [2.45, 2.75) is 20.5 Å². The Hall–Kier alpha value is -2.04. The average Bonchev–Trinajstić information content (AvgIpc) is 2.31. The van der Waals surface area contributed by atoms with E-state index in [-0.39, 0.29) is 12.2 Å². The number of hydrogen-bond donors (Lipinski definition) is 0. The predicted molar refractivity (Wildman–Crippen MR) is 68.5 cm³/mol. The molecule has 0 aliphatic carbocycles. The molecule has 0 unspecified atom stereocenters. The molecule has 0 aliphatic rings. The largest absolute Gasteiger partial charge is 0.391 e. The minimum absolute atomic E-state index is 0.0346. The summed E-state index contributed by atoms with van der Waals surface area (Å²) in [6, 6.07) is 4.74. The Morgan fingerprint density at radius 3 is 2.83 bits per heavy atom. The van der Waals surface area contributed by atoms with Gasteiger partial charge in [0.2, 0.25) is 5.91 Å². The van der Waals surface area contributed by atoms with Crippen LogP contribution >= 0.6 is 11.6 Å². The summed E-state index contributed by atoms with van der Waals surface area (Å²) in [4.78, 5) is 19.0. The summed E-state index contributed by atoms with van der Waals surface area (Å²) in [7, 11) is 0. The van der Waals surface area contributed by atoms with Gasteiger partial charge in [0, 0.05) is 21.1 Å². The van der Waals surface area contributed by atoms with Crippen molar-refractivity contribution in [3.05, 3.63) is 44.8 Å². The zero-order valence-corrected chi connectivity index (χ0v) is 10.7. The maximum atomic E-state index is 11.5. The van der Waals surface area contributed by atoms with Gasteiger partial charge in [0.1, 0.15) is 6.61 Å². The molecule has 0 fully saturated rings. The third-order valence-electron chi connectivity index (χ3n) is 1.94. The van der Waals surface area contributed by atoms with E-state index in [9.17, 15) is 4.79 Å². The molecule has 0 bridgehead atoms. The molecule has 0 saturated carbocycles. The molecule has 18 heavy (non-hydrogen) atoms. The quantitative estimate of drug-likeness (QED) is 0.273. The second-order valence-electron chi connectivity index (χ2n) is 3.57. The molecular formula is C11H11ClN4O2. The number of nitrogens with zero attached hydrogens (tertiary/aromatic N) is 4. The van der Waals surface area contributed by atoms with E-state index in [0.29, 0.717) is 10.6 Å². The van der Waals surface area contributed by atoms with E-state index in [1.165, 1.54) is 6.07 Å². The normalized spacial score (nSPS) is 9.28. The fraction of sp³-hybridized carbons (Fsp3) is 0.273. The number of oxime groups is 1. The van der Waals surface area contributed by atoms with Crippen molar-refractivity contribution in [2.75, 3.05) is 0 Å². The molecule has 1 aromatic carbocycles. The zero-order chi connectivity index (χ0) is 13.5. The number of carbonyl (C=O) groups excluding carboxylic acids is 1. The van der Waals surface area contributed by atoms with Gasteiger partial charge in [-0.1, -0.05) is 28.9 Å². The average molecular weight is 267 g/mol.